The first-order chi connectivity index (χ1) is 18.9. The number of nitrogens with zero attached hydrogens (tertiary/aromatic N) is 3. The van der Waals surface area contributed by atoms with Crippen LogP contribution in [0.1, 0.15) is 33.2 Å². The number of benzene rings is 4. The Bertz CT molecular complexity index is 1680. The molecule has 9 heteroatoms. The standard InChI is InChI=1S/C30H20F3N3O3/c31-30(32,33)27-25-26(23-16-15-20-9-7-8-12-22(20)19-23)35(39-29(37)21-10-3-1-4-11-21)17-18-38-28(25)36(34-27)24-13-5-2-6-14-24/h1-19,26H. The summed E-state index contributed by atoms with van der Waals surface area (Å²) in [6.45, 7) is 0. The molecule has 0 bridgehead atoms. The van der Waals surface area contributed by atoms with E-state index in [0.29, 0.717) is 11.3 Å². The molecule has 1 aromatic heterocycles. The Morgan fingerprint density at radius 3 is 2.23 bits per heavy atom. The quantitative estimate of drug-likeness (QED) is 0.250. The van der Waals surface area contributed by atoms with Crippen LogP contribution in [0.3, 0.4) is 0 Å². The zero-order valence-corrected chi connectivity index (χ0v) is 20.2. The van der Waals surface area contributed by atoms with Gasteiger partial charge in [0.2, 0.25) is 5.88 Å². The van der Waals surface area contributed by atoms with Crippen LogP contribution >= 0.6 is 0 Å². The van der Waals surface area contributed by atoms with Crippen LogP contribution in [0.4, 0.5) is 13.2 Å². The molecule has 0 saturated carbocycles. The molecule has 0 saturated heterocycles. The van der Waals surface area contributed by atoms with E-state index in [2.05, 4.69) is 5.10 Å². The third kappa shape index (κ3) is 4.59. The summed E-state index contributed by atoms with van der Waals surface area (Å²) in [7, 11) is 0. The van der Waals surface area contributed by atoms with Gasteiger partial charge < -0.3 is 9.57 Å². The van der Waals surface area contributed by atoms with E-state index < -0.39 is 23.9 Å². The number of carbonyl (C=O) groups is 1. The normalized spacial score (nSPS) is 14.9. The molecule has 6 rings (SSSR count). The molecule has 1 aliphatic heterocycles. The van der Waals surface area contributed by atoms with Crippen molar-refractivity contribution in [1.82, 2.24) is 14.8 Å². The van der Waals surface area contributed by atoms with Gasteiger partial charge in [-0.25, -0.2) is 4.79 Å². The highest BCUT2D eigenvalue weighted by Crippen LogP contribution is 2.46. The van der Waals surface area contributed by atoms with Gasteiger partial charge in [-0.15, -0.1) is 0 Å². The van der Waals surface area contributed by atoms with Crippen LogP contribution in [0.5, 0.6) is 5.88 Å². The van der Waals surface area contributed by atoms with Gasteiger partial charge in [-0.1, -0.05) is 72.8 Å². The molecule has 0 aliphatic carbocycles. The first kappa shape index (κ1) is 24.3. The van der Waals surface area contributed by atoms with Crippen molar-refractivity contribution in [2.45, 2.75) is 12.2 Å². The van der Waals surface area contributed by atoms with E-state index in [4.69, 9.17) is 9.57 Å². The average Bonchev–Trinajstić information content (AvgIpc) is 3.24. The van der Waals surface area contributed by atoms with Crippen LogP contribution in [0.15, 0.2) is 116 Å². The van der Waals surface area contributed by atoms with Crippen LogP contribution < -0.4 is 4.74 Å². The first-order valence-corrected chi connectivity index (χ1v) is 12.0. The van der Waals surface area contributed by atoms with Gasteiger partial charge in [0.1, 0.15) is 12.3 Å². The number of aromatic nitrogens is 2. The van der Waals surface area contributed by atoms with E-state index in [0.717, 1.165) is 20.5 Å². The predicted molar refractivity (Wildman–Crippen MR) is 138 cm³/mol. The molecule has 0 amide bonds. The number of alkyl halides is 3. The summed E-state index contributed by atoms with van der Waals surface area (Å²) >= 11 is 0. The van der Waals surface area contributed by atoms with Gasteiger partial charge in [0, 0.05) is 0 Å². The Morgan fingerprint density at radius 1 is 0.846 bits per heavy atom. The number of carbonyl (C=O) groups excluding carboxylic acids is 1. The van der Waals surface area contributed by atoms with Gasteiger partial charge in [-0.2, -0.15) is 28.0 Å². The van der Waals surface area contributed by atoms with Crippen molar-refractivity contribution < 1.29 is 27.5 Å². The van der Waals surface area contributed by atoms with Crippen molar-refractivity contribution in [3.8, 4) is 11.6 Å². The lowest BCUT2D eigenvalue weighted by Crippen LogP contribution is -2.29. The molecule has 1 aliphatic rings. The van der Waals surface area contributed by atoms with Crippen molar-refractivity contribution in [3.05, 3.63) is 138 Å². The molecule has 39 heavy (non-hydrogen) atoms. The number of fused-ring (bicyclic) bond motifs is 2. The van der Waals surface area contributed by atoms with Crippen molar-refractivity contribution in [3.63, 3.8) is 0 Å². The van der Waals surface area contributed by atoms with E-state index in [1.165, 1.54) is 12.5 Å². The number of halogens is 3. The summed E-state index contributed by atoms with van der Waals surface area (Å²) in [5, 5.41) is 6.75. The van der Waals surface area contributed by atoms with E-state index >= 15 is 0 Å². The van der Waals surface area contributed by atoms with Gasteiger partial charge in [-0.3, -0.25) is 0 Å². The monoisotopic (exact) mass is 527 g/mol. The van der Waals surface area contributed by atoms with Crippen LogP contribution in [0.25, 0.3) is 16.5 Å². The molecule has 6 nitrogen and oxygen atoms in total. The van der Waals surface area contributed by atoms with Crippen LogP contribution in [-0.4, -0.2) is 20.8 Å². The molecule has 1 unspecified atom stereocenters. The van der Waals surface area contributed by atoms with Crippen LogP contribution in [-0.2, 0) is 11.0 Å². The second-order valence-corrected chi connectivity index (χ2v) is 8.83. The maximum absolute atomic E-state index is 14.6. The molecule has 194 valence electrons. The van der Waals surface area contributed by atoms with E-state index in [1.807, 2.05) is 30.3 Å². The van der Waals surface area contributed by atoms with E-state index in [-0.39, 0.29) is 17.0 Å². The summed E-state index contributed by atoms with van der Waals surface area (Å²) in [6, 6.07) is 28.1. The smallest absolute Gasteiger partial charge is 0.435 e. The number of hydrogen-bond acceptors (Lipinski definition) is 5. The van der Waals surface area contributed by atoms with E-state index in [9.17, 15) is 18.0 Å². The molecule has 0 spiro atoms. The first-order valence-electron chi connectivity index (χ1n) is 12.0. The molecule has 0 N–H and O–H groups in total. The van der Waals surface area contributed by atoms with Crippen molar-refractivity contribution in [2.75, 3.05) is 0 Å². The Morgan fingerprint density at radius 2 is 1.51 bits per heavy atom. The Hall–Kier alpha value is -5.05. The Kier molecular flexibility index (Phi) is 6.03. The highest BCUT2D eigenvalue weighted by molar-refractivity contribution is 5.89. The zero-order valence-electron chi connectivity index (χ0n) is 20.2. The molecular formula is C30H20F3N3O3. The van der Waals surface area contributed by atoms with E-state index in [1.54, 1.807) is 72.8 Å². The topological polar surface area (TPSA) is 56.6 Å². The minimum atomic E-state index is -4.83. The second kappa shape index (κ2) is 9.68. The Balaban J connectivity index is 1.57. The number of ether oxygens (including phenoxy) is 1. The molecule has 0 fully saturated rings. The average molecular weight is 528 g/mol. The third-order valence-corrected chi connectivity index (χ3v) is 6.35. The number of rotatable bonds is 4. The highest BCUT2D eigenvalue weighted by atomic mass is 19.4. The van der Waals surface area contributed by atoms with Gasteiger partial charge in [0.05, 0.1) is 23.0 Å². The second-order valence-electron chi connectivity index (χ2n) is 8.83. The highest BCUT2D eigenvalue weighted by Gasteiger charge is 2.45. The lowest BCUT2D eigenvalue weighted by molar-refractivity contribution is -0.144. The summed E-state index contributed by atoms with van der Waals surface area (Å²) in [6.07, 6.45) is -2.35. The van der Waals surface area contributed by atoms with Gasteiger partial charge in [-0.05, 0) is 46.7 Å². The summed E-state index contributed by atoms with van der Waals surface area (Å²) in [5.41, 5.74) is -0.366. The lowest BCUT2D eigenvalue weighted by Gasteiger charge is -2.28. The third-order valence-electron chi connectivity index (χ3n) is 6.35. The summed E-state index contributed by atoms with van der Waals surface area (Å²) in [5.74, 6) is -0.875. The summed E-state index contributed by atoms with van der Waals surface area (Å²) < 4.78 is 50.5. The minimum Gasteiger partial charge on any atom is -0.445 e. The molecule has 1 atom stereocenters. The molecule has 2 heterocycles. The fourth-order valence-electron chi connectivity index (χ4n) is 4.59. The number of para-hydroxylation sites is 1. The van der Waals surface area contributed by atoms with Crippen molar-refractivity contribution in [2.24, 2.45) is 0 Å². The minimum absolute atomic E-state index is 0.138. The Labute approximate surface area is 221 Å². The maximum Gasteiger partial charge on any atom is 0.435 e. The predicted octanol–water partition coefficient (Wildman–Crippen LogP) is 7.07. The van der Waals surface area contributed by atoms with Crippen LogP contribution in [0, 0.1) is 0 Å². The van der Waals surface area contributed by atoms with Gasteiger partial charge >= 0.3 is 12.1 Å². The van der Waals surface area contributed by atoms with Gasteiger partial charge in [0.15, 0.2) is 5.69 Å². The van der Waals surface area contributed by atoms with Gasteiger partial charge in [0.25, 0.3) is 0 Å². The SMILES string of the molecule is O=C(ON1C=COc2c(c(C(F)(F)F)nn2-c2ccccc2)C1c1ccc2ccccc2c1)c1ccccc1. The fraction of sp³-hybridized carbons (Fsp3) is 0.0667. The molecular weight excluding hydrogens is 507 g/mol. The maximum atomic E-state index is 14.6. The molecule has 0 radical (unpaired) electrons. The summed E-state index contributed by atoms with van der Waals surface area (Å²) in [4.78, 5) is 18.8. The zero-order chi connectivity index (χ0) is 27.0. The lowest BCUT2D eigenvalue weighted by atomic mass is 9.95. The number of hydrogen-bond donors (Lipinski definition) is 0. The van der Waals surface area contributed by atoms with Crippen molar-refractivity contribution >= 4 is 16.7 Å². The largest absolute Gasteiger partial charge is 0.445 e. The molecule has 4 aromatic carbocycles. The van der Waals surface area contributed by atoms with Crippen LogP contribution in [0.2, 0.25) is 0 Å². The molecule has 5 aromatic rings. The number of hydroxylamine groups is 2. The van der Waals surface area contributed by atoms with Crippen molar-refractivity contribution in [1.29, 1.82) is 0 Å². The fourth-order valence-corrected chi connectivity index (χ4v) is 4.59.